The smallest absolute Gasteiger partial charge is 0.360 e. The van der Waals surface area contributed by atoms with Crippen molar-refractivity contribution in [3.8, 4) is 0 Å². The molecule has 1 heterocycles. The normalized spacial score (nSPS) is 10.9. The number of aromatic nitrogens is 3. The van der Waals surface area contributed by atoms with E-state index in [-0.39, 0.29) is 11.6 Å². The van der Waals surface area contributed by atoms with Crippen LogP contribution in [0, 0.1) is 5.92 Å². The van der Waals surface area contributed by atoms with Gasteiger partial charge in [0.25, 0.3) is 0 Å². The van der Waals surface area contributed by atoms with Gasteiger partial charge in [-0.1, -0.05) is 31.9 Å². The predicted molar refractivity (Wildman–Crippen MR) is 69.6 cm³/mol. The first kappa shape index (κ1) is 15.0. The summed E-state index contributed by atoms with van der Waals surface area (Å²) in [6.07, 6.45) is 2.12. The van der Waals surface area contributed by atoms with E-state index < -0.39 is 5.97 Å². The molecular weight excluding hydrogens is 254 g/mol. The van der Waals surface area contributed by atoms with Gasteiger partial charge in [-0.05, 0) is 12.8 Å². The number of nitrogens with zero attached hydrogens (tertiary/aromatic N) is 3. The summed E-state index contributed by atoms with van der Waals surface area (Å²) in [5.74, 6) is 0.272. The van der Waals surface area contributed by atoms with Gasteiger partial charge in [-0.15, -0.1) is 16.7 Å². The first-order valence-corrected chi connectivity index (χ1v) is 6.86. The molecule has 0 unspecified atom stereocenters. The highest BCUT2D eigenvalue weighted by Gasteiger charge is 2.21. The maximum Gasteiger partial charge on any atom is 0.360 e. The van der Waals surface area contributed by atoms with Crippen LogP contribution in [0.15, 0.2) is 0 Å². The standard InChI is InChI=1S/C12H20ClN3O2/c1-4-9(5-2)8-16-10(7-13)11(14-15-16)12(17)18-6-3/h9H,4-8H2,1-3H3. The summed E-state index contributed by atoms with van der Waals surface area (Å²) in [6.45, 7) is 7.09. The Kier molecular flexibility index (Phi) is 6.12. The molecule has 0 aliphatic heterocycles. The van der Waals surface area contributed by atoms with Crippen LogP contribution in [0.5, 0.6) is 0 Å². The fourth-order valence-corrected chi connectivity index (χ4v) is 2.03. The monoisotopic (exact) mass is 273 g/mol. The summed E-state index contributed by atoms with van der Waals surface area (Å²) in [4.78, 5) is 11.7. The molecule has 0 fully saturated rings. The minimum absolute atomic E-state index is 0.210. The Labute approximate surface area is 112 Å². The van der Waals surface area contributed by atoms with Crippen LogP contribution in [0.25, 0.3) is 0 Å². The van der Waals surface area contributed by atoms with Crippen molar-refractivity contribution in [3.05, 3.63) is 11.4 Å². The molecule has 1 aromatic heterocycles. The highest BCUT2D eigenvalue weighted by Crippen LogP contribution is 2.15. The van der Waals surface area contributed by atoms with Gasteiger partial charge in [0.05, 0.1) is 18.2 Å². The molecule has 18 heavy (non-hydrogen) atoms. The van der Waals surface area contributed by atoms with E-state index in [4.69, 9.17) is 16.3 Å². The van der Waals surface area contributed by atoms with E-state index in [9.17, 15) is 4.79 Å². The number of halogens is 1. The molecule has 0 bridgehead atoms. The number of rotatable bonds is 7. The molecule has 0 spiro atoms. The van der Waals surface area contributed by atoms with E-state index in [0.29, 0.717) is 18.2 Å². The van der Waals surface area contributed by atoms with Gasteiger partial charge in [-0.2, -0.15) is 0 Å². The van der Waals surface area contributed by atoms with Crippen LogP contribution in [-0.2, 0) is 17.2 Å². The zero-order chi connectivity index (χ0) is 13.5. The molecule has 0 N–H and O–H groups in total. The molecule has 0 saturated heterocycles. The summed E-state index contributed by atoms with van der Waals surface area (Å²) < 4.78 is 6.65. The van der Waals surface area contributed by atoms with E-state index in [0.717, 1.165) is 19.4 Å². The van der Waals surface area contributed by atoms with Gasteiger partial charge >= 0.3 is 5.97 Å². The minimum atomic E-state index is -0.455. The second-order valence-corrected chi connectivity index (χ2v) is 4.37. The Morgan fingerprint density at radius 1 is 1.39 bits per heavy atom. The molecule has 0 aliphatic rings. The van der Waals surface area contributed by atoms with Gasteiger partial charge in [0.15, 0.2) is 5.69 Å². The van der Waals surface area contributed by atoms with Crippen LogP contribution in [0.4, 0.5) is 0 Å². The first-order valence-electron chi connectivity index (χ1n) is 6.33. The zero-order valence-electron chi connectivity index (χ0n) is 11.1. The van der Waals surface area contributed by atoms with E-state index in [1.165, 1.54) is 0 Å². The van der Waals surface area contributed by atoms with Crippen molar-refractivity contribution >= 4 is 17.6 Å². The highest BCUT2D eigenvalue weighted by molar-refractivity contribution is 6.17. The predicted octanol–water partition coefficient (Wildman–Crippen LogP) is 2.63. The number of carbonyl (C=O) groups is 1. The number of carbonyl (C=O) groups excluding carboxylic acids is 1. The number of hydrogen-bond donors (Lipinski definition) is 0. The van der Waals surface area contributed by atoms with Crippen molar-refractivity contribution in [2.45, 2.75) is 46.0 Å². The van der Waals surface area contributed by atoms with Crippen LogP contribution in [0.2, 0.25) is 0 Å². The Bertz CT molecular complexity index is 389. The lowest BCUT2D eigenvalue weighted by atomic mass is 10.0. The van der Waals surface area contributed by atoms with E-state index in [2.05, 4.69) is 24.2 Å². The van der Waals surface area contributed by atoms with Gasteiger partial charge in [-0.25, -0.2) is 9.48 Å². The molecule has 1 rings (SSSR count). The summed E-state index contributed by atoms with van der Waals surface area (Å²) in [5.41, 5.74) is 0.875. The molecule has 0 saturated carbocycles. The second-order valence-electron chi connectivity index (χ2n) is 4.10. The third-order valence-corrected chi connectivity index (χ3v) is 3.27. The van der Waals surface area contributed by atoms with Crippen molar-refractivity contribution in [1.82, 2.24) is 15.0 Å². The molecule has 102 valence electrons. The minimum Gasteiger partial charge on any atom is -0.461 e. The summed E-state index contributed by atoms with van der Waals surface area (Å²) in [7, 11) is 0. The molecule has 1 aromatic rings. The molecule has 5 nitrogen and oxygen atoms in total. The van der Waals surface area contributed by atoms with Gasteiger partial charge < -0.3 is 4.74 Å². The first-order chi connectivity index (χ1) is 8.67. The third-order valence-electron chi connectivity index (χ3n) is 3.02. The quantitative estimate of drug-likeness (QED) is 0.566. The van der Waals surface area contributed by atoms with Crippen molar-refractivity contribution in [1.29, 1.82) is 0 Å². The van der Waals surface area contributed by atoms with Crippen LogP contribution in [0.3, 0.4) is 0 Å². The Hall–Kier alpha value is -1.10. The Morgan fingerprint density at radius 3 is 2.56 bits per heavy atom. The van der Waals surface area contributed by atoms with Crippen molar-refractivity contribution < 1.29 is 9.53 Å². The third kappa shape index (κ3) is 3.45. The van der Waals surface area contributed by atoms with Gasteiger partial charge in [-0.3, -0.25) is 0 Å². The number of alkyl halides is 1. The van der Waals surface area contributed by atoms with Crippen LogP contribution in [0.1, 0.15) is 49.8 Å². The average molecular weight is 274 g/mol. The molecule has 6 heteroatoms. The molecule has 0 aromatic carbocycles. The van der Waals surface area contributed by atoms with Gasteiger partial charge in [0.2, 0.25) is 0 Å². The fraction of sp³-hybridized carbons (Fsp3) is 0.750. The van der Waals surface area contributed by atoms with Crippen molar-refractivity contribution in [2.75, 3.05) is 6.61 Å². The number of ether oxygens (including phenoxy) is 1. The van der Waals surface area contributed by atoms with Crippen molar-refractivity contribution in [2.24, 2.45) is 5.92 Å². The van der Waals surface area contributed by atoms with Gasteiger partial charge in [0.1, 0.15) is 0 Å². The molecular formula is C12H20ClN3O2. The number of hydrogen-bond acceptors (Lipinski definition) is 4. The summed E-state index contributed by atoms with van der Waals surface area (Å²) in [5, 5.41) is 7.89. The Morgan fingerprint density at radius 2 is 2.06 bits per heavy atom. The SMILES string of the molecule is CCOC(=O)c1nnn(CC(CC)CC)c1CCl. The van der Waals surface area contributed by atoms with Crippen LogP contribution >= 0.6 is 11.6 Å². The lowest BCUT2D eigenvalue weighted by Gasteiger charge is -2.13. The van der Waals surface area contributed by atoms with E-state index in [1.54, 1.807) is 11.6 Å². The van der Waals surface area contributed by atoms with Gasteiger partial charge in [0, 0.05) is 6.54 Å². The maximum absolute atomic E-state index is 11.7. The van der Waals surface area contributed by atoms with Crippen molar-refractivity contribution in [3.63, 3.8) is 0 Å². The fourth-order valence-electron chi connectivity index (χ4n) is 1.76. The van der Waals surface area contributed by atoms with E-state index in [1.807, 2.05) is 0 Å². The lowest BCUT2D eigenvalue weighted by Crippen LogP contribution is -2.14. The summed E-state index contributed by atoms with van der Waals surface area (Å²) in [6, 6.07) is 0. The molecule has 0 amide bonds. The van der Waals surface area contributed by atoms with Crippen LogP contribution < -0.4 is 0 Å². The Balaban J connectivity index is 2.90. The molecule has 0 atom stereocenters. The topological polar surface area (TPSA) is 57.0 Å². The zero-order valence-corrected chi connectivity index (χ0v) is 11.9. The lowest BCUT2D eigenvalue weighted by molar-refractivity contribution is 0.0518. The average Bonchev–Trinajstić information content (AvgIpc) is 2.78. The van der Waals surface area contributed by atoms with Crippen LogP contribution in [-0.4, -0.2) is 27.6 Å². The maximum atomic E-state index is 11.7. The molecule has 0 aliphatic carbocycles. The molecule has 0 radical (unpaired) electrons. The second kappa shape index (κ2) is 7.36. The highest BCUT2D eigenvalue weighted by atomic mass is 35.5. The van der Waals surface area contributed by atoms with E-state index >= 15 is 0 Å². The number of esters is 1. The summed E-state index contributed by atoms with van der Waals surface area (Å²) >= 11 is 5.88. The largest absolute Gasteiger partial charge is 0.461 e.